The van der Waals surface area contributed by atoms with E-state index < -0.39 is 0 Å². The third kappa shape index (κ3) is 1.52. The highest BCUT2D eigenvalue weighted by atomic mass is 16.1. The van der Waals surface area contributed by atoms with E-state index in [4.69, 9.17) is 0 Å². The molecule has 18 heavy (non-hydrogen) atoms. The van der Waals surface area contributed by atoms with Gasteiger partial charge in [-0.1, -0.05) is 18.2 Å². The summed E-state index contributed by atoms with van der Waals surface area (Å²) < 4.78 is 3.21. The van der Waals surface area contributed by atoms with E-state index >= 15 is 0 Å². The number of para-hydroxylation sites is 1. The van der Waals surface area contributed by atoms with Crippen LogP contribution in [0.25, 0.3) is 16.7 Å². The normalized spacial score (nSPS) is 11.0. The molecule has 0 unspecified atom stereocenters. The Morgan fingerprint density at radius 2 is 1.89 bits per heavy atom. The monoisotopic (exact) mass is 240 g/mol. The second kappa shape index (κ2) is 3.80. The lowest BCUT2D eigenvalue weighted by atomic mass is 10.3. The Morgan fingerprint density at radius 3 is 2.61 bits per heavy atom. The van der Waals surface area contributed by atoms with Crippen LogP contribution in [-0.4, -0.2) is 19.3 Å². The highest BCUT2D eigenvalue weighted by Crippen LogP contribution is 2.10. The summed E-state index contributed by atoms with van der Waals surface area (Å²) in [4.78, 5) is 16.8. The molecular formula is C13H12N4O. The fourth-order valence-corrected chi connectivity index (χ4v) is 2.06. The number of aryl methyl sites for hydroxylation is 2. The summed E-state index contributed by atoms with van der Waals surface area (Å²) >= 11 is 0. The molecule has 0 atom stereocenters. The summed E-state index contributed by atoms with van der Waals surface area (Å²) in [5.74, 6) is 0.636. The minimum absolute atomic E-state index is 0.0863. The highest BCUT2D eigenvalue weighted by Gasteiger charge is 2.11. The van der Waals surface area contributed by atoms with Gasteiger partial charge in [-0.25, -0.2) is 4.98 Å². The van der Waals surface area contributed by atoms with Crippen LogP contribution < -0.4 is 5.56 Å². The van der Waals surface area contributed by atoms with E-state index in [1.54, 1.807) is 22.5 Å². The maximum absolute atomic E-state index is 12.4. The molecular weight excluding hydrogens is 228 g/mol. The van der Waals surface area contributed by atoms with Crippen LogP contribution in [0.1, 0.15) is 5.82 Å². The lowest BCUT2D eigenvalue weighted by molar-refractivity contribution is 0.774. The van der Waals surface area contributed by atoms with E-state index in [-0.39, 0.29) is 5.56 Å². The SMILES string of the molecule is Cc1nc2nn(C)cc2c(=O)n1-c1ccccc1. The van der Waals surface area contributed by atoms with Gasteiger partial charge in [0.15, 0.2) is 5.65 Å². The fourth-order valence-electron chi connectivity index (χ4n) is 2.06. The average Bonchev–Trinajstić information content (AvgIpc) is 2.71. The van der Waals surface area contributed by atoms with Crippen molar-refractivity contribution in [3.63, 3.8) is 0 Å². The number of fused-ring (bicyclic) bond motifs is 1. The molecule has 0 radical (unpaired) electrons. The topological polar surface area (TPSA) is 52.7 Å². The van der Waals surface area contributed by atoms with Crippen molar-refractivity contribution in [3.05, 3.63) is 52.7 Å². The van der Waals surface area contributed by atoms with Gasteiger partial charge in [-0.15, -0.1) is 0 Å². The van der Waals surface area contributed by atoms with Crippen molar-refractivity contribution in [1.82, 2.24) is 19.3 Å². The molecule has 3 aromatic rings. The molecule has 0 aliphatic carbocycles. The summed E-state index contributed by atoms with van der Waals surface area (Å²) in [6.45, 7) is 1.81. The molecule has 90 valence electrons. The first kappa shape index (κ1) is 10.7. The predicted molar refractivity (Wildman–Crippen MR) is 68.8 cm³/mol. The first-order chi connectivity index (χ1) is 8.66. The number of hydrogen-bond acceptors (Lipinski definition) is 3. The number of nitrogens with zero attached hydrogens (tertiary/aromatic N) is 4. The third-order valence-electron chi connectivity index (χ3n) is 2.85. The van der Waals surface area contributed by atoms with Gasteiger partial charge >= 0.3 is 0 Å². The van der Waals surface area contributed by atoms with Gasteiger partial charge in [0.05, 0.1) is 5.69 Å². The van der Waals surface area contributed by atoms with Crippen LogP contribution in [0.3, 0.4) is 0 Å². The lowest BCUT2D eigenvalue weighted by Crippen LogP contribution is -2.21. The molecule has 0 aliphatic rings. The van der Waals surface area contributed by atoms with Crippen molar-refractivity contribution in [2.75, 3.05) is 0 Å². The Kier molecular flexibility index (Phi) is 2.26. The van der Waals surface area contributed by atoms with Gasteiger partial charge in [-0.2, -0.15) is 5.10 Å². The van der Waals surface area contributed by atoms with Crippen LogP contribution in [0, 0.1) is 6.92 Å². The average molecular weight is 240 g/mol. The molecule has 5 heteroatoms. The first-order valence-corrected chi connectivity index (χ1v) is 5.65. The van der Waals surface area contributed by atoms with Crippen molar-refractivity contribution in [2.45, 2.75) is 6.92 Å². The molecule has 1 aromatic carbocycles. The van der Waals surface area contributed by atoms with E-state index in [2.05, 4.69) is 10.1 Å². The van der Waals surface area contributed by atoms with Crippen LogP contribution in [-0.2, 0) is 7.05 Å². The molecule has 0 fully saturated rings. The molecule has 0 spiro atoms. The van der Waals surface area contributed by atoms with Crippen LogP contribution in [0.15, 0.2) is 41.3 Å². The van der Waals surface area contributed by atoms with Crippen molar-refractivity contribution in [3.8, 4) is 5.69 Å². The largest absolute Gasteiger partial charge is 0.273 e. The Morgan fingerprint density at radius 1 is 1.17 bits per heavy atom. The summed E-state index contributed by atoms with van der Waals surface area (Å²) in [6, 6.07) is 9.49. The van der Waals surface area contributed by atoms with Gasteiger partial charge < -0.3 is 0 Å². The molecule has 0 bridgehead atoms. The quantitative estimate of drug-likeness (QED) is 0.646. The first-order valence-electron chi connectivity index (χ1n) is 5.65. The number of aromatic nitrogens is 4. The van der Waals surface area contributed by atoms with Crippen LogP contribution in [0.2, 0.25) is 0 Å². The van der Waals surface area contributed by atoms with Crippen molar-refractivity contribution >= 4 is 11.0 Å². The molecule has 3 rings (SSSR count). The summed E-state index contributed by atoms with van der Waals surface area (Å²) in [5, 5.41) is 4.70. The van der Waals surface area contributed by atoms with Crippen molar-refractivity contribution in [1.29, 1.82) is 0 Å². The second-order valence-corrected chi connectivity index (χ2v) is 4.18. The standard InChI is InChI=1S/C13H12N4O/c1-9-14-12-11(8-16(2)15-12)13(18)17(9)10-6-4-3-5-7-10/h3-8H,1-2H3. The van der Waals surface area contributed by atoms with E-state index in [1.807, 2.05) is 37.3 Å². The highest BCUT2D eigenvalue weighted by molar-refractivity contribution is 5.73. The maximum Gasteiger partial charge on any atom is 0.269 e. The Labute approximate surface area is 103 Å². The third-order valence-corrected chi connectivity index (χ3v) is 2.85. The number of benzene rings is 1. The van der Waals surface area contributed by atoms with Gasteiger partial charge in [0, 0.05) is 13.2 Å². The van der Waals surface area contributed by atoms with Gasteiger partial charge in [0.1, 0.15) is 11.2 Å². The fraction of sp³-hybridized carbons (Fsp3) is 0.154. The van der Waals surface area contributed by atoms with Crippen LogP contribution in [0.5, 0.6) is 0 Å². The van der Waals surface area contributed by atoms with Crippen molar-refractivity contribution < 1.29 is 0 Å². The van der Waals surface area contributed by atoms with E-state index in [1.165, 1.54) is 0 Å². The van der Waals surface area contributed by atoms with Gasteiger partial charge in [0.25, 0.3) is 5.56 Å². The molecule has 2 heterocycles. The minimum atomic E-state index is -0.0863. The molecule has 0 N–H and O–H groups in total. The molecule has 5 nitrogen and oxygen atoms in total. The Bertz CT molecular complexity index is 771. The van der Waals surface area contributed by atoms with Gasteiger partial charge in [-0.3, -0.25) is 14.0 Å². The molecule has 0 aliphatic heterocycles. The molecule has 0 amide bonds. The zero-order valence-electron chi connectivity index (χ0n) is 10.2. The lowest BCUT2D eigenvalue weighted by Gasteiger charge is -2.08. The van der Waals surface area contributed by atoms with Gasteiger partial charge in [0.2, 0.25) is 0 Å². The maximum atomic E-state index is 12.4. The van der Waals surface area contributed by atoms with Crippen LogP contribution in [0.4, 0.5) is 0 Å². The smallest absolute Gasteiger partial charge is 0.269 e. The summed E-state index contributed by atoms with van der Waals surface area (Å²) in [7, 11) is 1.78. The van der Waals surface area contributed by atoms with E-state index in [0.717, 1.165) is 5.69 Å². The zero-order valence-corrected chi connectivity index (χ0v) is 10.2. The van der Waals surface area contributed by atoms with Gasteiger partial charge in [-0.05, 0) is 19.1 Å². The Balaban J connectivity index is 2.40. The molecule has 0 saturated heterocycles. The summed E-state index contributed by atoms with van der Waals surface area (Å²) in [5.41, 5.74) is 1.22. The van der Waals surface area contributed by atoms with Crippen molar-refractivity contribution in [2.24, 2.45) is 7.05 Å². The van der Waals surface area contributed by atoms with E-state index in [9.17, 15) is 4.79 Å². The summed E-state index contributed by atoms with van der Waals surface area (Å²) in [6.07, 6.45) is 1.70. The minimum Gasteiger partial charge on any atom is -0.273 e. The Hall–Kier alpha value is -2.43. The molecule has 2 aromatic heterocycles. The number of rotatable bonds is 1. The zero-order chi connectivity index (χ0) is 12.7. The number of hydrogen-bond donors (Lipinski definition) is 0. The molecule has 0 saturated carbocycles. The second-order valence-electron chi connectivity index (χ2n) is 4.18. The van der Waals surface area contributed by atoms with E-state index in [0.29, 0.717) is 16.9 Å². The van der Waals surface area contributed by atoms with Crippen LogP contribution >= 0.6 is 0 Å². The predicted octanol–water partition coefficient (Wildman–Crippen LogP) is 1.43.